The van der Waals surface area contributed by atoms with Gasteiger partial charge in [-0.25, -0.2) is 14.4 Å². The van der Waals surface area contributed by atoms with E-state index in [0.29, 0.717) is 22.5 Å². The molecule has 204 valence electrons. The van der Waals surface area contributed by atoms with Crippen molar-refractivity contribution in [2.75, 3.05) is 26.1 Å². The van der Waals surface area contributed by atoms with E-state index in [2.05, 4.69) is 19.5 Å². The van der Waals surface area contributed by atoms with Crippen LogP contribution in [0, 0.1) is 17.1 Å². The SMILES string of the molecule is COc1cc(-c2cc(NCCn3c(C#N)c(OC)c4cccc(F)c43)ncn2)ccc1OS(=O)(=O)C(F)(F)F. The highest BCUT2D eigenvalue weighted by Gasteiger charge is 2.49. The third kappa shape index (κ3) is 5.36. The Balaban J connectivity index is 1.55. The van der Waals surface area contributed by atoms with Crippen molar-refractivity contribution in [2.24, 2.45) is 0 Å². The molecule has 0 radical (unpaired) electrons. The molecule has 0 spiro atoms. The van der Waals surface area contributed by atoms with Gasteiger partial charge in [-0.2, -0.15) is 26.9 Å². The number of fused-ring (bicyclic) bond motifs is 1. The van der Waals surface area contributed by atoms with E-state index in [1.54, 1.807) is 6.07 Å². The van der Waals surface area contributed by atoms with Gasteiger partial charge in [0.05, 0.1) is 25.4 Å². The minimum absolute atomic E-state index is 0.157. The lowest BCUT2D eigenvalue weighted by Gasteiger charge is -2.13. The molecule has 2 aromatic heterocycles. The maximum Gasteiger partial charge on any atom is 0.534 e. The lowest BCUT2D eigenvalue weighted by Crippen LogP contribution is -2.28. The first kappa shape index (κ1) is 27.5. The quantitative estimate of drug-likeness (QED) is 0.178. The zero-order valence-electron chi connectivity index (χ0n) is 20.3. The van der Waals surface area contributed by atoms with Crippen LogP contribution >= 0.6 is 0 Å². The number of halogens is 4. The normalized spacial score (nSPS) is 11.7. The molecule has 0 amide bonds. The average molecular weight is 566 g/mol. The van der Waals surface area contributed by atoms with Gasteiger partial charge in [0.1, 0.15) is 24.0 Å². The number of ether oxygens (including phenoxy) is 2. The number of hydrogen-bond acceptors (Lipinski definition) is 9. The second-order valence-corrected chi connectivity index (χ2v) is 9.38. The van der Waals surface area contributed by atoms with Gasteiger partial charge in [-0.3, -0.25) is 0 Å². The van der Waals surface area contributed by atoms with Gasteiger partial charge in [-0.15, -0.1) is 0 Å². The molecule has 15 heteroatoms. The van der Waals surface area contributed by atoms with Crippen molar-refractivity contribution >= 4 is 26.8 Å². The summed E-state index contributed by atoms with van der Waals surface area (Å²) in [7, 11) is -3.36. The molecule has 0 fully saturated rings. The van der Waals surface area contributed by atoms with E-state index in [-0.39, 0.29) is 35.8 Å². The molecule has 1 N–H and O–H groups in total. The standard InChI is InChI=1S/C24H19F4N5O5S/c1-36-20-10-14(6-7-19(20)38-39(34,35)24(26,27)28)17-11-21(32-13-31-17)30-8-9-33-18(12-29)23(37-2)15-4-3-5-16(25)22(15)33/h3-7,10-11,13H,8-9H2,1-2H3,(H,30,31,32). The molecule has 0 aliphatic rings. The Morgan fingerprint density at radius 3 is 2.51 bits per heavy atom. The summed E-state index contributed by atoms with van der Waals surface area (Å²) in [5, 5.41) is 13.2. The van der Waals surface area contributed by atoms with Crippen molar-refractivity contribution in [3.8, 4) is 34.6 Å². The van der Waals surface area contributed by atoms with E-state index in [0.717, 1.165) is 13.2 Å². The number of rotatable bonds is 9. The molecule has 0 aliphatic carbocycles. The molecule has 0 atom stereocenters. The van der Waals surface area contributed by atoms with E-state index in [9.17, 15) is 31.2 Å². The molecular formula is C24H19F4N5O5S. The van der Waals surface area contributed by atoms with Crippen molar-refractivity contribution in [1.29, 1.82) is 5.26 Å². The van der Waals surface area contributed by atoms with Crippen molar-refractivity contribution in [3.05, 3.63) is 60.3 Å². The predicted octanol–water partition coefficient (Wildman–Crippen LogP) is 4.47. The third-order valence-corrected chi connectivity index (χ3v) is 6.51. The molecule has 39 heavy (non-hydrogen) atoms. The van der Waals surface area contributed by atoms with Crippen LogP contribution in [0.5, 0.6) is 17.2 Å². The highest BCUT2D eigenvalue weighted by Crippen LogP contribution is 2.36. The van der Waals surface area contributed by atoms with Crippen molar-refractivity contribution in [1.82, 2.24) is 14.5 Å². The molecule has 0 aliphatic heterocycles. The molecule has 0 saturated heterocycles. The second kappa shape index (κ2) is 10.7. The van der Waals surface area contributed by atoms with Gasteiger partial charge in [-0.1, -0.05) is 6.07 Å². The number of nitriles is 1. The van der Waals surface area contributed by atoms with E-state index in [1.807, 2.05) is 6.07 Å². The van der Waals surface area contributed by atoms with Crippen molar-refractivity contribution in [2.45, 2.75) is 12.1 Å². The lowest BCUT2D eigenvalue weighted by molar-refractivity contribution is -0.0500. The van der Waals surface area contributed by atoms with E-state index in [4.69, 9.17) is 9.47 Å². The van der Waals surface area contributed by atoms with Gasteiger partial charge in [0, 0.05) is 30.1 Å². The monoisotopic (exact) mass is 565 g/mol. The van der Waals surface area contributed by atoms with Crippen LogP contribution in [0.25, 0.3) is 22.2 Å². The first-order valence-corrected chi connectivity index (χ1v) is 12.4. The minimum atomic E-state index is -5.89. The number of alkyl halides is 3. The first-order valence-electron chi connectivity index (χ1n) is 11.0. The maximum absolute atomic E-state index is 14.6. The van der Waals surface area contributed by atoms with Gasteiger partial charge < -0.3 is 23.5 Å². The first-order chi connectivity index (χ1) is 18.5. The topological polar surface area (TPSA) is 128 Å². The number of aromatic nitrogens is 3. The summed E-state index contributed by atoms with van der Waals surface area (Å²) >= 11 is 0. The molecule has 0 saturated carbocycles. The number of nitrogens with zero attached hydrogens (tertiary/aromatic N) is 4. The van der Waals surface area contributed by atoms with Crippen LogP contribution in [0.15, 0.2) is 48.8 Å². The molecule has 4 aromatic rings. The predicted molar refractivity (Wildman–Crippen MR) is 131 cm³/mol. The summed E-state index contributed by atoms with van der Waals surface area (Å²) < 4.78 is 91.4. The number of anilines is 1. The summed E-state index contributed by atoms with van der Waals surface area (Å²) in [5.41, 5.74) is -4.54. The summed E-state index contributed by atoms with van der Waals surface area (Å²) in [6.45, 7) is 0.397. The fourth-order valence-electron chi connectivity index (χ4n) is 3.85. The Kier molecular flexibility index (Phi) is 7.50. The molecule has 0 unspecified atom stereocenters. The number of para-hydroxylation sites is 1. The van der Waals surface area contributed by atoms with Crippen molar-refractivity contribution < 1.29 is 39.6 Å². The van der Waals surface area contributed by atoms with Gasteiger partial charge in [0.15, 0.2) is 22.9 Å². The zero-order chi connectivity index (χ0) is 28.4. The number of hydrogen-bond donors (Lipinski definition) is 1. The molecule has 4 rings (SSSR count). The highest BCUT2D eigenvalue weighted by molar-refractivity contribution is 7.88. The molecule has 0 bridgehead atoms. The fourth-order valence-corrected chi connectivity index (χ4v) is 4.31. The van der Waals surface area contributed by atoms with E-state index < -0.39 is 27.2 Å². The fraction of sp³-hybridized carbons (Fsp3) is 0.208. The van der Waals surface area contributed by atoms with Crippen LogP contribution in [0.1, 0.15) is 5.69 Å². The van der Waals surface area contributed by atoms with Crippen LogP contribution in [0.4, 0.5) is 23.4 Å². The van der Waals surface area contributed by atoms with Gasteiger partial charge in [-0.05, 0) is 30.3 Å². The number of benzene rings is 2. The van der Waals surface area contributed by atoms with Gasteiger partial charge in [0.2, 0.25) is 0 Å². The minimum Gasteiger partial charge on any atom is -0.493 e. The summed E-state index contributed by atoms with van der Waals surface area (Å²) in [4.78, 5) is 8.25. The maximum atomic E-state index is 14.6. The zero-order valence-corrected chi connectivity index (χ0v) is 21.1. The molecule has 2 heterocycles. The molecular weight excluding hydrogens is 546 g/mol. The molecule has 10 nitrogen and oxygen atoms in total. The van der Waals surface area contributed by atoms with E-state index >= 15 is 0 Å². The largest absolute Gasteiger partial charge is 0.534 e. The van der Waals surface area contributed by atoms with Crippen LogP contribution in [0.3, 0.4) is 0 Å². The Labute approximate surface area is 219 Å². The van der Waals surface area contributed by atoms with Crippen LogP contribution in [-0.2, 0) is 16.7 Å². The Morgan fingerprint density at radius 2 is 1.85 bits per heavy atom. The lowest BCUT2D eigenvalue weighted by atomic mass is 10.1. The summed E-state index contributed by atoms with van der Waals surface area (Å²) in [5.74, 6) is -0.822. The number of nitrogens with one attached hydrogen (secondary N) is 1. The van der Waals surface area contributed by atoms with Gasteiger partial charge >= 0.3 is 15.6 Å². The second-order valence-electron chi connectivity index (χ2n) is 7.85. The Hall–Kier alpha value is -4.58. The summed E-state index contributed by atoms with van der Waals surface area (Å²) in [6.07, 6.45) is 1.23. The van der Waals surface area contributed by atoms with Crippen molar-refractivity contribution in [3.63, 3.8) is 0 Å². The molecule has 2 aromatic carbocycles. The Bertz CT molecular complexity index is 1680. The van der Waals surface area contributed by atoms with Crippen LogP contribution in [-0.4, -0.2) is 49.2 Å². The smallest absolute Gasteiger partial charge is 0.493 e. The summed E-state index contributed by atoms with van der Waals surface area (Å²) in [6, 6.07) is 11.6. The highest BCUT2D eigenvalue weighted by atomic mass is 32.2. The average Bonchev–Trinajstić information content (AvgIpc) is 3.22. The number of methoxy groups -OCH3 is 2. The van der Waals surface area contributed by atoms with Crippen LogP contribution in [0.2, 0.25) is 0 Å². The van der Waals surface area contributed by atoms with E-state index in [1.165, 1.54) is 48.3 Å². The Morgan fingerprint density at radius 1 is 1.08 bits per heavy atom. The third-order valence-electron chi connectivity index (χ3n) is 5.55. The van der Waals surface area contributed by atoms with Crippen LogP contribution < -0.4 is 19.0 Å². The van der Waals surface area contributed by atoms with Gasteiger partial charge in [0.25, 0.3) is 0 Å².